The van der Waals surface area contributed by atoms with E-state index < -0.39 is 29.4 Å². The molecule has 1 saturated heterocycles. The van der Waals surface area contributed by atoms with E-state index in [1.165, 1.54) is 36.4 Å². The number of hydrogen-bond acceptors (Lipinski definition) is 4. The molecule has 1 aliphatic heterocycles. The van der Waals surface area contributed by atoms with E-state index in [0.717, 1.165) is 21.4 Å². The van der Waals surface area contributed by atoms with Crippen LogP contribution in [0.15, 0.2) is 53.6 Å². The number of fused-ring (bicyclic) bond motifs is 1. The molecule has 31 heavy (non-hydrogen) atoms. The number of aromatic nitrogens is 1. The van der Waals surface area contributed by atoms with Crippen molar-refractivity contribution in [3.05, 3.63) is 76.3 Å². The Labute approximate surface area is 180 Å². The lowest BCUT2D eigenvalue weighted by atomic mass is 10.1. The van der Waals surface area contributed by atoms with Crippen molar-refractivity contribution in [3.8, 4) is 0 Å². The standard InChI is InChI=1S/C22H17F2N3O3S/c23-15-5-6-18-16(10-15)14(11-26-18)7-8-25-20(28)12-27-21(29)19(31-22(27)30)9-13-3-1-2-4-17(13)24/h1-6,9-11,26H,7-8,12H2,(H,25,28)/b19-9-. The van der Waals surface area contributed by atoms with Gasteiger partial charge in [0.05, 0.1) is 4.91 Å². The molecule has 0 atom stereocenters. The number of thioether (sulfide) groups is 1. The van der Waals surface area contributed by atoms with E-state index in [4.69, 9.17) is 0 Å². The molecule has 2 aromatic carbocycles. The Morgan fingerprint density at radius 3 is 2.77 bits per heavy atom. The molecule has 158 valence electrons. The van der Waals surface area contributed by atoms with Crippen molar-refractivity contribution >= 4 is 45.8 Å². The second-order valence-corrected chi connectivity index (χ2v) is 7.89. The summed E-state index contributed by atoms with van der Waals surface area (Å²) in [6, 6.07) is 10.3. The highest BCUT2D eigenvalue weighted by atomic mass is 32.2. The van der Waals surface area contributed by atoms with Crippen molar-refractivity contribution in [2.45, 2.75) is 6.42 Å². The molecule has 4 rings (SSSR count). The number of imide groups is 1. The molecule has 1 fully saturated rings. The van der Waals surface area contributed by atoms with E-state index in [-0.39, 0.29) is 22.8 Å². The number of benzene rings is 2. The van der Waals surface area contributed by atoms with Gasteiger partial charge in [0.2, 0.25) is 5.91 Å². The largest absolute Gasteiger partial charge is 0.361 e. The van der Waals surface area contributed by atoms with Crippen molar-refractivity contribution in [1.82, 2.24) is 15.2 Å². The van der Waals surface area contributed by atoms with Crippen LogP contribution in [0.25, 0.3) is 17.0 Å². The number of amides is 3. The number of nitrogens with zero attached hydrogens (tertiary/aromatic N) is 1. The Hall–Kier alpha value is -3.46. The van der Waals surface area contributed by atoms with Crippen LogP contribution >= 0.6 is 11.8 Å². The number of H-pyrrole nitrogens is 1. The Kier molecular flexibility index (Phi) is 5.85. The molecule has 0 unspecified atom stereocenters. The van der Waals surface area contributed by atoms with Gasteiger partial charge in [0.15, 0.2) is 0 Å². The summed E-state index contributed by atoms with van der Waals surface area (Å²) in [6.07, 6.45) is 3.50. The summed E-state index contributed by atoms with van der Waals surface area (Å²) >= 11 is 0.664. The van der Waals surface area contributed by atoms with Crippen LogP contribution in [0.1, 0.15) is 11.1 Å². The fourth-order valence-corrected chi connectivity index (χ4v) is 4.09. The van der Waals surface area contributed by atoms with Gasteiger partial charge in [-0.2, -0.15) is 0 Å². The molecule has 1 aromatic heterocycles. The first kappa shape index (κ1) is 20.8. The van der Waals surface area contributed by atoms with Crippen LogP contribution in [-0.2, 0) is 16.0 Å². The lowest BCUT2D eigenvalue weighted by Crippen LogP contribution is -2.40. The number of carbonyl (C=O) groups excluding carboxylic acids is 3. The van der Waals surface area contributed by atoms with Gasteiger partial charge in [0.25, 0.3) is 11.1 Å². The Bertz CT molecular complexity index is 1220. The van der Waals surface area contributed by atoms with Crippen molar-refractivity contribution in [2.75, 3.05) is 13.1 Å². The fourth-order valence-electron chi connectivity index (χ4n) is 3.26. The smallest absolute Gasteiger partial charge is 0.294 e. The Balaban J connectivity index is 1.35. The molecule has 1 aliphatic rings. The maximum Gasteiger partial charge on any atom is 0.294 e. The fraction of sp³-hybridized carbons (Fsp3) is 0.136. The Morgan fingerprint density at radius 1 is 1.16 bits per heavy atom. The summed E-state index contributed by atoms with van der Waals surface area (Å²) in [4.78, 5) is 40.8. The van der Waals surface area contributed by atoms with Gasteiger partial charge >= 0.3 is 0 Å². The third-order valence-corrected chi connectivity index (χ3v) is 5.72. The number of halogens is 2. The zero-order valence-electron chi connectivity index (χ0n) is 16.2. The molecule has 2 N–H and O–H groups in total. The quantitative estimate of drug-likeness (QED) is 0.570. The molecule has 0 spiro atoms. The Morgan fingerprint density at radius 2 is 1.97 bits per heavy atom. The lowest BCUT2D eigenvalue weighted by molar-refractivity contribution is -0.129. The summed E-state index contributed by atoms with van der Waals surface area (Å²) < 4.78 is 27.3. The summed E-state index contributed by atoms with van der Waals surface area (Å²) in [5.74, 6) is -2.00. The molecular weight excluding hydrogens is 424 g/mol. The SMILES string of the molecule is O=C(CN1C(=O)S/C(=C\c2ccccc2F)C1=O)NCCc1c[nH]c2ccc(F)cc12. The van der Waals surface area contributed by atoms with Gasteiger partial charge in [0, 0.05) is 29.2 Å². The normalized spacial score (nSPS) is 15.3. The van der Waals surface area contributed by atoms with Gasteiger partial charge in [-0.1, -0.05) is 18.2 Å². The molecule has 0 radical (unpaired) electrons. The number of hydrogen-bond donors (Lipinski definition) is 2. The van der Waals surface area contributed by atoms with Gasteiger partial charge in [-0.05, 0) is 54.1 Å². The van der Waals surface area contributed by atoms with Gasteiger partial charge in [-0.3, -0.25) is 19.3 Å². The molecule has 0 saturated carbocycles. The van der Waals surface area contributed by atoms with Crippen LogP contribution < -0.4 is 5.32 Å². The molecular formula is C22H17F2N3O3S. The van der Waals surface area contributed by atoms with Crippen LogP contribution in [0.5, 0.6) is 0 Å². The zero-order chi connectivity index (χ0) is 22.0. The van der Waals surface area contributed by atoms with Crippen molar-refractivity contribution in [2.24, 2.45) is 0 Å². The number of carbonyl (C=O) groups is 3. The van der Waals surface area contributed by atoms with Crippen LogP contribution in [0.4, 0.5) is 13.6 Å². The average Bonchev–Trinajstić information content (AvgIpc) is 3.25. The zero-order valence-corrected chi connectivity index (χ0v) is 17.0. The third-order valence-electron chi connectivity index (χ3n) is 4.81. The maximum absolute atomic E-state index is 13.8. The molecule has 0 aliphatic carbocycles. The first-order valence-corrected chi connectivity index (χ1v) is 10.3. The predicted octanol–water partition coefficient (Wildman–Crippen LogP) is 3.84. The lowest BCUT2D eigenvalue weighted by Gasteiger charge is -2.12. The van der Waals surface area contributed by atoms with Gasteiger partial charge in [-0.25, -0.2) is 8.78 Å². The van der Waals surface area contributed by atoms with Crippen LogP contribution in [-0.4, -0.2) is 40.0 Å². The van der Waals surface area contributed by atoms with Crippen molar-refractivity contribution in [3.63, 3.8) is 0 Å². The monoisotopic (exact) mass is 441 g/mol. The molecule has 3 amide bonds. The minimum Gasteiger partial charge on any atom is -0.361 e. The molecule has 6 nitrogen and oxygen atoms in total. The van der Waals surface area contributed by atoms with E-state index in [1.54, 1.807) is 18.3 Å². The first-order chi connectivity index (χ1) is 14.9. The highest BCUT2D eigenvalue weighted by Gasteiger charge is 2.36. The van der Waals surface area contributed by atoms with Crippen LogP contribution in [0.3, 0.4) is 0 Å². The van der Waals surface area contributed by atoms with Crippen molar-refractivity contribution in [1.29, 1.82) is 0 Å². The summed E-state index contributed by atoms with van der Waals surface area (Å²) in [7, 11) is 0. The predicted molar refractivity (Wildman–Crippen MR) is 114 cm³/mol. The third kappa shape index (κ3) is 4.51. The summed E-state index contributed by atoms with van der Waals surface area (Å²) in [6.45, 7) is -0.175. The minimum atomic E-state index is -0.638. The van der Waals surface area contributed by atoms with E-state index in [9.17, 15) is 23.2 Å². The van der Waals surface area contributed by atoms with Crippen LogP contribution in [0.2, 0.25) is 0 Å². The number of rotatable bonds is 6. The molecule has 2 heterocycles. The molecule has 3 aromatic rings. The van der Waals surface area contributed by atoms with Gasteiger partial charge < -0.3 is 10.3 Å². The number of aromatic amines is 1. The summed E-state index contributed by atoms with van der Waals surface area (Å²) in [5.41, 5.74) is 1.82. The average molecular weight is 441 g/mol. The minimum absolute atomic E-state index is 0.0590. The van der Waals surface area contributed by atoms with Crippen LogP contribution in [0, 0.1) is 11.6 Å². The van der Waals surface area contributed by atoms with E-state index in [2.05, 4.69) is 10.3 Å². The van der Waals surface area contributed by atoms with E-state index in [1.807, 2.05) is 0 Å². The second-order valence-electron chi connectivity index (χ2n) is 6.89. The highest BCUT2D eigenvalue weighted by molar-refractivity contribution is 8.18. The van der Waals surface area contributed by atoms with Crippen molar-refractivity contribution < 1.29 is 23.2 Å². The molecule has 9 heteroatoms. The van der Waals surface area contributed by atoms with E-state index >= 15 is 0 Å². The maximum atomic E-state index is 13.8. The highest BCUT2D eigenvalue weighted by Crippen LogP contribution is 2.32. The van der Waals surface area contributed by atoms with Gasteiger partial charge in [0.1, 0.15) is 18.2 Å². The molecule has 0 bridgehead atoms. The van der Waals surface area contributed by atoms with Gasteiger partial charge in [-0.15, -0.1) is 0 Å². The van der Waals surface area contributed by atoms with E-state index in [0.29, 0.717) is 18.2 Å². The first-order valence-electron chi connectivity index (χ1n) is 9.44. The topological polar surface area (TPSA) is 82.3 Å². The summed E-state index contributed by atoms with van der Waals surface area (Å²) in [5, 5.41) is 2.81. The number of nitrogens with one attached hydrogen (secondary N) is 2. The second kappa shape index (κ2) is 8.73.